The van der Waals surface area contributed by atoms with Gasteiger partial charge in [0, 0.05) is 19.3 Å². The number of esters is 3. The van der Waals surface area contributed by atoms with Gasteiger partial charge in [-0.15, -0.1) is 0 Å². The first-order valence-electron chi connectivity index (χ1n) is 35.0. The molecule has 0 heterocycles. The standard InChI is InChI=1S/C72H134O6/c1-4-7-10-13-16-19-22-25-28-29-30-31-32-33-34-35-36-37-38-39-40-41-42-43-45-47-50-53-56-59-62-65-71(74)77-68-69(67-76-70(73)64-61-58-55-52-49-46-27-24-21-18-15-12-9-6-3)78-72(75)66-63-60-57-54-51-48-44-26-23-20-17-14-11-8-5-2/h17,20,26,29-30,44,69H,4-16,18-19,21-25,27-28,31-43,45-68H2,1-3H3/b20-17-,30-29-,44-26-. The number of allylic oxidation sites excluding steroid dienone is 6. The number of carbonyl (C=O) groups is 3. The van der Waals surface area contributed by atoms with Crippen LogP contribution >= 0.6 is 0 Å². The molecule has 0 fully saturated rings. The van der Waals surface area contributed by atoms with E-state index in [9.17, 15) is 14.4 Å². The molecule has 0 amide bonds. The molecule has 0 saturated heterocycles. The highest BCUT2D eigenvalue weighted by Crippen LogP contribution is 2.18. The van der Waals surface area contributed by atoms with Crippen molar-refractivity contribution >= 4 is 17.9 Å². The first-order valence-corrected chi connectivity index (χ1v) is 35.0. The molecule has 0 aromatic heterocycles. The molecule has 0 aliphatic heterocycles. The highest BCUT2D eigenvalue weighted by molar-refractivity contribution is 5.71. The maximum Gasteiger partial charge on any atom is 0.306 e. The van der Waals surface area contributed by atoms with E-state index in [1.54, 1.807) is 0 Å². The van der Waals surface area contributed by atoms with E-state index in [1.165, 1.54) is 263 Å². The van der Waals surface area contributed by atoms with Crippen LogP contribution in [0.1, 0.15) is 387 Å². The van der Waals surface area contributed by atoms with Crippen LogP contribution in [-0.4, -0.2) is 37.2 Å². The van der Waals surface area contributed by atoms with Gasteiger partial charge in [0.1, 0.15) is 13.2 Å². The molecule has 1 unspecified atom stereocenters. The fraction of sp³-hybridized carbons (Fsp3) is 0.875. The fourth-order valence-corrected chi connectivity index (χ4v) is 10.6. The predicted octanol–water partition coefficient (Wildman–Crippen LogP) is 23.9. The normalized spacial score (nSPS) is 12.2. The molecule has 1 atom stereocenters. The molecule has 0 aromatic rings. The van der Waals surface area contributed by atoms with E-state index < -0.39 is 6.10 Å². The van der Waals surface area contributed by atoms with E-state index in [2.05, 4.69) is 57.2 Å². The van der Waals surface area contributed by atoms with Crippen LogP contribution in [0.15, 0.2) is 36.5 Å². The third kappa shape index (κ3) is 64.5. The molecule has 0 spiro atoms. The summed E-state index contributed by atoms with van der Waals surface area (Å²) in [5.74, 6) is -0.860. The summed E-state index contributed by atoms with van der Waals surface area (Å²) < 4.78 is 16.9. The number of hydrogen-bond donors (Lipinski definition) is 0. The van der Waals surface area contributed by atoms with E-state index in [4.69, 9.17) is 14.2 Å². The molecule has 0 aromatic carbocycles. The first-order chi connectivity index (χ1) is 38.5. The van der Waals surface area contributed by atoms with Gasteiger partial charge in [-0.1, -0.05) is 327 Å². The van der Waals surface area contributed by atoms with Gasteiger partial charge in [0.25, 0.3) is 0 Å². The molecule has 458 valence electrons. The molecule has 0 rings (SSSR count). The lowest BCUT2D eigenvalue weighted by Gasteiger charge is -2.18. The Bertz CT molecular complexity index is 1300. The predicted molar refractivity (Wildman–Crippen MR) is 339 cm³/mol. The van der Waals surface area contributed by atoms with Crippen LogP contribution in [0.3, 0.4) is 0 Å². The van der Waals surface area contributed by atoms with Crippen LogP contribution in [0.2, 0.25) is 0 Å². The van der Waals surface area contributed by atoms with Crippen molar-refractivity contribution in [2.45, 2.75) is 393 Å². The van der Waals surface area contributed by atoms with Crippen LogP contribution in [-0.2, 0) is 28.6 Å². The summed E-state index contributed by atoms with van der Waals surface area (Å²) in [7, 11) is 0. The van der Waals surface area contributed by atoms with Gasteiger partial charge in [0.2, 0.25) is 0 Å². The molecular formula is C72H134O6. The maximum atomic E-state index is 12.9. The third-order valence-corrected chi connectivity index (χ3v) is 15.9. The summed E-state index contributed by atoms with van der Waals surface area (Å²) in [4.78, 5) is 38.3. The van der Waals surface area contributed by atoms with E-state index in [0.29, 0.717) is 19.3 Å². The lowest BCUT2D eigenvalue weighted by molar-refractivity contribution is -0.167. The monoisotopic (exact) mass is 1100 g/mol. The molecule has 78 heavy (non-hydrogen) atoms. The van der Waals surface area contributed by atoms with E-state index in [-0.39, 0.29) is 31.1 Å². The van der Waals surface area contributed by atoms with Gasteiger partial charge < -0.3 is 14.2 Å². The largest absolute Gasteiger partial charge is 0.462 e. The Hall–Kier alpha value is -2.37. The summed E-state index contributed by atoms with van der Waals surface area (Å²) >= 11 is 0. The summed E-state index contributed by atoms with van der Waals surface area (Å²) in [6.45, 7) is 6.67. The Balaban J connectivity index is 4.13. The van der Waals surface area contributed by atoms with Crippen LogP contribution in [0.5, 0.6) is 0 Å². The van der Waals surface area contributed by atoms with Crippen molar-refractivity contribution in [3.8, 4) is 0 Å². The zero-order chi connectivity index (χ0) is 56.4. The minimum Gasteiger partial charge on any atom is -0.462 e. The molecule has 0 aliphatic rings. The smallest absolute Gasteiger partial charge is 0.306 e. The second-order valence-electron chi connectivity index (χ2n) is 23.8. The van der Waals surface area contributed by atoms with Crippen LogP contribution < -0.4 is 0 Å². The third-order valence-electron chi connectivity index (χ3n) is 15.9. The molecule has 0 aliphatic carbocycles. The highest BCUT2D eigenvalue weighted by Gasteiger charge is 2.19. The van der Waals surface area contributed by atoms with E-state index >= 15 is 0 Å². The molecule has 0 N–H and O–H groups in total. The van der Waals surface area contributed by atoms with Crippen molar-refractivity contribution in [3.05, 3.63) is 36.5 Å². The minimum atomic E-state index is -0.776. The molecular weight excluding hydrogens is 961 g/mol. The van der Waals surface area contributed by atoms with Gasteiger partial charge in [-0.3, -0.25) is 14.4 Å². The Morgan fingerprint density at radius 1 is 0.256 bits per heavy atom. The van der Waals surface area contributed by atoms with Gasteiger partial charge in [-0.2, -0.15) is 0 Å². The molecule has 6 heteroatoms. The second kappa shape index (κ2) is 67.1. The number of carbonyl (C=O) groups excluding carboxylic acids is 3. The van der Waals surface area contributed by atoms with Crippen LogP contribution in [0.4, 0.5) is 0 Å². The summed E-state index contributed by atoms with van der Waals surface area (Å²) in [6.07, 6.45) is 83.2. The minimum absolute atomic E-state index is 0.0725. The molecule has 0 radical (unpaired) electrons. The number of hydrogen-bond acceptors (Lipinski definition) is 6. The number of ether oxygens (including phenoxy) is 3. The average molecular weight is 1100 g/mol. The Morgan fingerprint density at radius 3 is 0.744 bits per heavy atom. The average Bonchev–Trinajstić information content (AvgIpc) is 3.44. The highest BCUT2D eigenvalue weighted by atomic mass is 16.6. The summed E-state index contributed by atoms with van der Waals surface area (Å²) in [6, 6.07) is 0. The summed E-state index contributed by atoms with van der Waals surface area (Å²) in [5, 5.41) is 0. The van der Waals surface area contributed by atoms with Gasteiger partial charge >= 0.3 is 17.9 Å². The molecule has 0 bridgehead atoms. The van der Waals surface area contributed by atoms with Crippen molar-refractivity contribution in [1.29, 1.82) is 0 Å². The Labute approximate surface area is 486 Å². The van der Waals surface area contributed by atoms with Gasteiger partial charge in [0.15, 0.2) is 6.10 Å². The zero-order valence-corrected chi connectivity index (χ0v) is 52.7. The Morgan fingerprint density at radius 2 is 0.462 bits per heavy atom. The quantitative estimate of drug-likeness (QED) is 0.0261. The lowest BCUT2D eigenvalue weighted by atomic mass is 10.0. The number of rotatable bonds is 65. The molecule has 6 nitrogen and oxygen atoms in total. The fourth-order valence-electron chi connectivity index (χ4n) is 10.6. The second-order valence-corrected chi connectivity index (χ2v) is 23.8. The zero-order valence-electron chi connectivity index (χ0n) is 52.7. The van der Waals surface area contributed by atoms with E-state index in [1.807, 2.05) is 0 Å². The van der Waals surface area contributed by atoms with Crippen molar-refractivity contribution in [1.82, 2.24) is 0 Å². The van der Waals surface area contributed by atoms with Gasteiger partial charge in [-0.25, -0.2) is 0 Å². The maximum absolute atomic E-state index is 12.9. The van der Waals surface area contributed by atoms with Crippen molar-refractivity contribution in [2.75, 3.05) is 13.2 Å². The summed E-state index contributed by atoms with van der Waals surface area (Å²) in [5.41, 5.74) is 0. The van der Waals surface area contributed by atoms with Crippen molar-refractivity contribution in [3.63, 3.8) is 0 Å². The molecule has 0 saturated carbocycles. The lowest BCUT2D eigenvalue weighted by Crippen LogP contribution is -2.30. The topological polar surface area (TPSA) is 78.9 Å². The first kappa shape index (κ1) is 75.6. The van der Waals surface area contributed by atoms with Crippen molar-refractivity contribution in [2.24, 2.45) is 0 Å². The SMILES string of the molecule is CCCCC/C=C\C/C=C\CCCCCCCC(=O)OC(COC(=O)CCCCCCCCCCCCCCCC)COC(=O)CCCCCCCCCCCCCCCCCCCCC/C=C\CCCCCCCCCC. The Kier molecular flexibility index (Phi) is 65.1. The van der Waals surface area contributed by atoms with E-state index in [0.717, 1.165) is 83.5 Å². The van der Waals surface area contributed by atoms with Crippen molar-refractivity contribution < 1.29 is 28.6 Å². The van der Waals surface area contributed by atoms with Gasteiger partial charge in [-0.05, 0) is 77.0 Å². The van der Waals surface area contributed by atoms with Crippen LogP contribution in [0, 0.1) is 0 Å². The number of unbranched alkanes of at least 4 members (excludes halogenated alkanes) is 48. The van der Waals surface area contributed by atoms with Crippen LogP contribution in [0.25, 0.3) is 0 Å². The van der Waals surface area contributed by atoms with Gasteiger partial charge in [0.05, 0.1) is 0 Å².